The molecule has 7 aromatic carbocycles. The molecule has 0 aliphatic rings. The average Bonchev–Trinajstić information content (AvgIpc) is 3.76. The van der Waals surface area contributed by atoms with Gasteiger partial charge in [-0.05, 0) is 78.9 Å². The van der Waals surface area contributed by atoms with Crippen LogP contribution in [0.15, 0.2) is 152 Å². The van der Waals surface area contributed by atoms with Crippen molar-refractivity contribution in [2.24, 2.45) is 0 Å². The second kappa shape index (κ2) is 10.3. The first kappa shape index (κ1) is 28.7. The summed E-state index contributed by atoms with van der Waals surface area (Å²) < 4.78 is 64.3. The van der Waals surface area contributed by atoms with E-state index in [1.165, 1.54) is 0 Å². The molecule has 7 heteroatoms. The number of halogens is 4. The Kier molecular flexibility index (Phi) is 5.92. The van der Waals surface area contributed by atoms with Gasteiger partial charge < -0.3 is 13.7 Å². The molecule has 0 bridgehead atoms. The number of fused-ring (bicyclic) bond motifs is 9. The van der Waals surface area contributed by atoms with E-state index in [9.17, 15) is 17.6 Å². The standard InChI is InChI=1S/C43H25F4N3/c44-26-17-20-35(43(45,46)47)42(23-26)50-40-21-18-27(48-36-13-5-1-9-29(36)30-10-2-6-14-37(30)48)24-33(40)34-25-28(19-22-41(34)50)49-38-15-7-3-11-31(38)32-12-4-8-16-39(32)49/h1-25H. The zero-order valence-electron chi connectivity index (χ0n) is 26.3. The maximum Gasteiger partial charge on any atom is 0.418 e. The topological polar surface area (TPSA) is 14.8 Å². The Morgan fingerprint density at radius 1 is 0.360 bits per heavy atom. The Morgan fingerprint density at radius 3 is 1.14 bits per heavy atom. The van der Waals surface area contributed by atoms with E-state index in [0.717, 1.165) is 84.0 Å². The normalized spacial score (nSPS) is 12.4. The summed E-state index contributed by atoms with van der Waals surface area (Å²) in [6, 6.07) is 47.0. The lowest BCUT2D eigenvalue weighted by atomic mass is 10.1. The predicted octanol–water partition coefficient (Wildman–Crippen LogP) is 12.1. The van der Waals surface area contributed by atoms with E-state index in [1.807, 2.05) is 84.9 Å². The lowest BCUT2D eigenvalue weighted by molar-refractivity contribution is -0.137. The van der Waals surface area contributed by atoms with Gasteiger partial charge >= 0.3 is 6.18 Å². The number of hydrogen-bond donors (Lipinski definition) is 0. The van der Waals surface area contributed by atoms with Crippen LogP contribution in [0.4, 0.5) is 17.6 Å². The number of benzene rings is 7. The largest absolute Gasteiger partial charge is 0.418 e. The van der Waals surface area contributed by atoms with Gasteiger partial charge in [0, 0.05) is 43.7 Å². The van der Waals surface area contributed by atoms with Crippen molar-refractivity contribution in [1.29, 1.82) is 0 Å². The third kappa shape index (κ3) is 4.03. The van der Waals surface area contributed by atoms with E-state index in [2.05, 4.69) is 57.7 Å². The van der Waals surface area contributed by atoms with Gasteiger partial charge in [-0.1, -0.05) is 72.8 Å². The minimum absolute atomic E-state index is 0.258. The van der Waals surface area contributed by atoms with Crippen molar-refractivity contribution in [3.05, 3.63) is 163 Å². The number of rotatable bonds is 3. The van der Waals surface area contributed by atoms with Crippen molar-refractivity contribution in [3.8, 4) is 17.1 Å². The summed E-state index contributed by atoms with van der Waals surface area (Å²) >= 11 is 0. The highest BCUT2D eigenvalue weighted by molar-refractivity contribution is 6.14. The lowest BCUT2D eigenvalue weighted by Gasteiger charge is -2.16. The predicted molar refractivity (Wildman–Crippen MR) is 194 cm³/mol. The van der Waals surface area contributed by atoms with Gasteiger partial charge in [-0.15, -0.1) is 0 Å². The average molecular weight is 660 g/mol. The molecule has 240 valence electrons. The lowest BCUT2D eigenvalue weighted by Crippen LogP contribution is -2.11. The highest BCUT2D eigenvalue weighted by Crippen LogP contribution is 2.42. The van der Waals surface area contributed by atoms with Gasteiger partial charge in [-0.3, -0.25) is 0 Å². The zero-order chi connectivity index (χ0) is 33.7. The molecular formula is C43H25F4N3. The summed E-state index contributed by atoms with van der Waals surface area (Å²) in [5.41, 5.74) is 5.74. The molecular weight excluding hydrogens is 634 g/mol. The minimum atomic E-state index is -4.70. The molecule has 3 aromatic heterocycles. The number of hydrogen-bond acceptors (Lipinski definition) is 0. The van der Waals surface area contributed by atoms with Gasteiger partial charge in [0.1, 0.15) is 5.82 Å². The first-order chi connectivity index (χ1) is 24.4. The molecule has 10 aromatic rings. The maximum absolute atomic E-state index is 14.8. The number of alkyl halides is 3. The second-order valence-electron chi connectivity index (χ2n) is 12.6. The third-order valence-electron chi connectivity index (χ3n) is 9.91. The smallest absolute Gasteiger partial charge is 0.309 e. The van der Waals surface area contributed by atoms with Gasteiger partial charge in [-0.25, -0.2) is 4.39 Å². The van der Waals surface area contributed by atoms with Crippen molar-refractivity contribution in [2.45, 2.75) is 6.18 Å². The number of aromatic nitrogens is 3. The molecule has 3 nitrogen and oxygen atoms in total. The molecule has 0 saturated carbocycles. The van der Waals surface area contributed by atoms with Crippen LogP contribution in [0.1, 0.15) is 5.56 Å². The Labute approximate surface area is 282 Å². The van der Waals surface area contributed by atoms with Crippen molar-refractivity contribution < 1.29 is 17.6 Å². The Balaban J connectivity index is 1.33. The van der Waals surface area contributed by atoms with Crippen LogP contribution in [-0.2, 0) is 6.18 Å². The molecule has 0 aliphatic heterocycles. The summed E-state index contributed by atoms with van der Waals surface area (Å²) in [5.74, 6) is -0.744. The SMILES string of the molecule is Fc1ccc(C(F)(F)F)c(-n2c3ccc(-n4c5ccccc5c5ccccc54)cc3c3cc(-n4c5ccccc5c5ccccc54)ccc32)c1. The monoisotopic (exact) mass is 659 g/mol. The van der Waals surface area contributed by atoms with Crippen LogP contribution in [-0.4, -0.2) is 13.7 Å². The van der Waals surface area contributed by atoms with Crippen molar-refractivity contribution in [3.63, 3.8) is 0 Å². The first-order valence-corrected chi connectivity index (χ1v) is 16.3. The minimum Gasteiger partial charge on any atom is -0.309 e. The highest BCUT2D eigenvalue weighted by atomic mass is 19.4. The van der Waals surface area contributed by atoms with E-state index in [4.69, 9.17) is 0 Å². The summed E-state index contributed by atoms with van der Waals surface area (Å²) in [7, 11) is 0. The molecule has 0 spiro atoms. The fourth-order valence-corrected chi connectivity index (χ4v) is 7.87. The molecule has 0 unspecified atom stereocenters. The van der Waals surface area contributed by atoms with E-state index < -0.39 is 17.6 Å². The molecule has 50 heavy (non-hydrogen) atoms. The van der Waals surface area contributed by atoms with Crippen molar-refractivity contribution >= 4 is 65.4 Å². The summed E-state index contributed by atoms with van der Waals surface area (Å²) in [5, 5.41) is 5.92. The molecule has 3 heterocycles. The van der Waals surface area contributed by atoms with Crippen LogP contribution in [0.25, 0.3) is 82.5 Å². The molecule has 0 N–H and O–H groups in total. The summed E-state index contributed by atoms with van der Waals surface area (Å²) in [6.45, 7) is 0. The number of nitrogens with zero attached hydrogens (tertiary/aromatic N) is 3. The first-order valence-electron chi connectivity index (χ1n) is 16.3. The molecule has 0 fully saturated rings. The van der Waals surface area contributed by atoms with Crippen LogP contribution < -0.4 is 0 Å². The Bertz CT molecular complexity index is 2720. The molecule has 0 radical (unpaired) electrons. The van der Waals surface area contributed by atoms with Gasteiger partial charge in [0.25, 0.3) is 0 Å². The Morgan fingerprint density at radius 2 is 0.740 bits per heavy atom. The summed E-state index contributed by atoms with van der Waals surface area (Å²) in [4.78, 5) is 0. The maximum atomic E-state index is 14.8. The van der Waals surface area contributed by atoms with Crippen LogP contribution in [0.3, 0.4) is 0 Å². The van der Waals surface area contributed by atoms with Gasteiger partial charge in [0.2, 0.25) is 0 Å². The Hall–Kier alpha value is -6.34. The van der Waals surface area contributed by atoms with E-state index >= 15 is 0 Å². The molecule has 0 saturated heterocycles. The number of para-hydroxylation sites is 4. The molecule has 0 aliphatic carbocycles. The molecule has 0 atom stereocenters. The molecule has 10 rings (SSSR count). The third-order valence-corrected chi connectivity index (χ3v) is 9.91. The summed E-state index contributed by atoms with van der Waals surface area (Å²) in [6.07, 6.45) is -4.70. The van der Waals surface area contributed by atoms with Crippen LogP contribution >= 0.6 is 0 Å². The second-order valence-corrected chi connectivity index (χ2v) is 12.6. The van der Waals surface area contributed by atoms with Crippen LogP contribution in [0.5, 0.6) is 0 Å². The van der Waals surface area contributed by atoms with E-state index in [1.54, 1.807) is 4.57 Å². The zero-order valence-corrected chi connectivity index (χ0v) is 26.3. The van der Waals surface area contributed by atoms with Gasteiger partial charge in [-0.2, -0.15) is 13.2 Å². The van der Waals surface area contributed by atoms with Crippen LogP contribution in [0.2, 0.25) is 0 Å². The fraction of sp³-hybridized carbons (Fsp3) is 0.0233. The van der Waals surface area contributed by atoms with E-state index in [0.29, 0.717) is 11.0 Å². The molecule has 0 amide bonds. The highest BCUT2D eigenvalue weighted by Gasteiger charge is 2.35. The van der Waals surface area contributed by atoms with E-state index in [-0.39, 0.29) is 5.69 Å². The van der Waals surface area contributed by atoms with Gasteiger partial charge in [0.15, 0.2) is 0 Å². The van der Waals surface area contributed by atoms with Gasteiger partial charge in [0.05, 0.1) is 44.4 Å². The fourth-order valence-electron chi connectivity index (χ4n) is 7.87. The van der Waals surface area contributed by atoms with Crippen molar-refractivity contribution in [1.82, 2.24) is 13.7 Å². The quantitative estimate of drug-likeness (QED) is 0.168. The van der Waals surface area contributed by atoms with Crippen LogP contribution in [0, 0.1) is 5.82 Å². The van der Waals surface area contributed by atoms with Crippen molar-refractivity contribution in [2.75, 3.05) is 0 Å².